The molecule has 1 atom stereocenters. The molecule has 2 rings (SSSR count). The molecule has 0 unspecified atom stereocenters. The van der Waals surface area contributed by atoms with Gasteiger partial charge in [0.05, 0.1) is 6.42 Å². The van der Waals surface area contributed by atoms with Gasteiger partial charge < -0.3 is 10.2 Å². The van der Waals surface area contributed by atoms with Crippen LogP contribution in [-0.2, 0) is 4.79 Å². The predicted molar refractivity (Wildman–Crippen MR) is 65.3 cm³/mol. The summed E-state index contributed by atoms with van der Waals surface area (Å²) in [5.74, 6) is 0.128. The third-order valence-electron chi connectivity index (χ3n) is 3.53. The molecular formula is C14H18O3. The van der Waals surface area contributed by atoms with Crippen molar-refractivity contribution in [3.05, 3.63) is 28.8 Å². The van der Waals surface area contributed by atoms with Gasteiger partial charge in [0, 0.05) is 0 Å². The van der Waals surface area contributed by atoms with Crippen LogP contribution in [0.15, 0.2) is 12.1 Å². The van der Waals surface area contributed by atoms with E-state index in [1.165, 1.54) is 0 Å². The Morgan fingerprint density at radius 1 is 1.35 bits per heavy atom. The molecule has 0 amide bonds. The Morgan fingerprint density at radius 3 is 2.29 bits per heavy atom. The highest BCUT2D eigenvalue weighted by Crippen LogP contribution is 2.46. The zero-order chi connectivity index (χ0) is 12.6. The van der Waals surface area contributed by atoms with E-state index in [0.29, 0.717) is 5.92 Å². The van der Waals surface area contributed by atoms with Crippen LogP contribution in [0.4, 0.5) is 0 Å². The lowest BCUT2D eigenvalue weighted by Gasteiger charge is -2.20. The minimum atomic E-state index is -0.742. The lowest BCUT2D eigenvalue weighted by atomic mass is 9.85. The van der Waals surface area contributed by atoms with Gasteiger partial charge in [-0.05, 0) is 67.3 Å². The molecule has 1 saturated carbocycles. The van der Waals surface area contributed by atoms with E-state index in [0.717, 1.165) is 29.5 Å². The fourth-order valence-corrected chi connectivity index (χ4v) is 2.73. The number of carboxylic acid groups (broad SMARTS) is 1. The first-order valence-corrected chi connectivity index (χ1v) is 6.01. The van der Waals surface area contributed by atoms with E-state index in [-0.39, 0.29) is 18.1 Å². The summed E-state index contributed by atoms with van der Waals surface area (Å²) in [4.78, 5) is 11.0. The molecule has 0 radical (unpaired) electrons. The fraction of sp³-hybridized carbons (Fsp3) is 0.500. The Balaban J connectivity index is 2.38. The number of rotatable bonds is 4. The van der Waals surface area contributed by atoms with Crippen molar-refractivity contribution >= 4 is 5.97 Å². The molecule has 17 heavy (non-hydrogen) atoms. The number of benzene rings is 1. The minimum absolute atomic E-state index is 0.105. The first kappa shape index (κ1) is 12.0. The molecule has 0 bridgehead atoms. The molecule has 0 spiro atoms. The van der Waals surface area contributed by atoms with Crippen molar-refractivity contribution in [3.8, 4) is 5.75 Å². The second-order valence-corrected chi connectivity index (χ2v) is 5.04. The maximum atomic E-state index is 11.0. The molecule has 1 aliphatic carbocycles. The van der Waals surface area contributed by atoms with Crippen molar-refractivity contribution < 1.29 is 15.0 Å². The van der Waals surface area contributed by atoms with Crippen LogP contribution in [-0.4, -0.2) is 16.2 Å². The molecule has 1 aromatic rings. The predicted octanol–water partition coefficient (Wildman–Crippen LogP) is 2.98. The highest BCUT2D eigenvalue weighted by Gasteiger charge is 2.35. The molecular weight excluding hydrogens is 216 g/mol. The maximum Gasteiger partial charge on any atom is 0.303 e. The van der Waals surface area contributed by atoms with Crippen LogP contribution in [0.25, 0.3) is 0 Å². The van der Waals surface area contributed by atoms with Crippen molar-refractivity contribution in [2.24, 2.45) is 5.92 Å². The number of aliphatic carboxylic acids is 1. The monoisotopic (exact) mass is 234 g/mol. The van der Waals surface area contributed by atoms with E-state index in [1.54, 1.807) is 12.1 Å². The minimum Gasteiger partial charge on any atom is -0.508 e. The Bertz CT molecular complexity index is 424. The summed E-state index contributed by atoms with van der Waals surface area (Å²) < 4.78 is 0. The van der Waals surface area contributed by atoms with Crippen molar-refractivity contribution in [2.45, 2.75) is 39.0 Å². The molecule has 0 aliphatic heterocycles. The summed E-state index contributed by atoms with van der Waals surface area (Å²) >= 11 is 0. The molecule has 0 saturated heterocycles. The number of aromatic hydroxyl groups is 1. The second kappa shape index (κ2) is 4.40. The zero-order valence-corrected chi connectivity index (χ0v) is 10.2. The van der Waals surface area contributed by atoms with Crippen LogP contribution in [0.1, 0.15) is 41.9 Å². The molecule has 0 heterocycles. The summed E-state index contributed by atoms with van der Waals surface area (Å²) in [5, 5.41) is 18.5. The number of hydrogen-bond acceptors (Lipinski definition) is 2. The summed E-state index contributed by atoms with van der Waals surface area (Å²) in [6, 6.07) is 3.44. The van der Waals surface area contributed by atoms with Gasteiger partial charge in [-0.15, -0.1) is 0 Å². The Kier molecular flexibility index (Phi) is 3.09. The van der Waals surface area contributed by atoms with E-state index in [9.17, 15) is 9.90 Å². The third-order valence-corrected chi connectivity index (χ3v) is 3.53. The maximum absolute atomic E-state index is 11.0. The largest absolute Gasteiger partial charge is 0.508 e. The van der Waals surface area contributed by atoms with Gasteiger partial charge in [0.2, 0.25) is 0 Å². The Morgan fingerprint density at radius 2 is 1.88 bits per heavy atom. The Hall–Kier alpha value is -1.51. The fourth-order valence-electron chi connectivity index (χ4n) is 2.73. The summed E-state index contributed by atoms with van der Waals surface area (Å²) in [5.41, 5.74) is 3.12. The van der Waals surface area contributed by atoms with Crippen LogP contribution in [0.5, 0.6) is 5.75 Å². The van der Waals surface area contributed by atoms with Crippen LogP contribution >= 0.6 is 0 Å². The van der Waals surface area contributed by atoms with Crippen LogP contribution < -0.4 is 0 Å². The van der Waals surface area contributed by atoms with Gasteiger partial charge >= 0.3 is 5.97 Å². The average molecular weight is 234 g/mol. The number of carboxylic acids is 1. The lowest BCUT2D eigenvalue weighted by molar-refractivity contribution is -0.137. The third kappa shape index (κ3) is 2.60. The molecule has 3 heteroatoms. The van der Waals surface area contributed by atoms with Crippen molar-refractivity contribution in [3.63, 3.8) is 0 Å². The van der Waals surface area contributed by atoms with Crippen LogP contribution in [0.3, 0.4) is 0 Å². The number of aryl methyl sites for hydroxylation is 2. The van der Waals surface area contributed by atoms with Gasteiger partial charge in [0.25, 0.3) is 0 Å². The van der Waals surface area contributed by atoms with Crippen molar-refractivity contribution in [2.75, 3.05) is 0 Å². The molecule has 1 aromatic carbocycles. The SMILES string of the molecule is Cc1cc(O)cc(C)c1[C@H](CC(=O)O)C1CC1. The van der Waals surface area contributed by atoms with Gasteiger partial charge in [0.1, 0.15) is 5.75 Å². The van der Waals surface area contributed by atoms with E-state index >= 15 is 0 Å². The number of carbonyl (C=O) groups is 1. The molecule has 3 nitrogen and oxygen atoms in total. The topological polar surface area (TPSA) is 57.5 Å². The smallest absolute Gasteiger partial charge is 0.303 e. The van der Waals surface area contributed by atoms with Gasteiger partial charge in [-0.25, -0.2) is 0 Å². The average Bonchev–Trinajstić information content (AvgIpc) is 2.96. The van der Waals surface area contributed by atoms with E-state index in [2.05, 4.69) is 0 Å². The molecule has 0 aromatic heterocycles. The second-order valence-electron chi connectivity index (χ2n) is 5.04. The number of hydrogen-bond donors (Lipinski definition) is 2. The highest BCUT2D eigenvalue weighted by atomic mass is 16.4. The van der Waals surface area contributed by atoms with Gasteiger partial charge in [-0.3, -0.25) is 4.79 Å². The molecule has 1 fully saturated rings. The standard InChI is InChI=1S/C14H18O3/c1-8-5-11(15)6-9(2)14(8)12(7-13(16)17)10-3-4-10/h5-6,10,12,15H,3-4,7H2,1-2H3,(H,16,17)/t12-/m1/s1. The molecule has 92 valence electrons. The van der Waals surface area contributed by atoms with Crippen LogP contribution in [0, 0.1) is 19.8 Å². The first-order valence-electron chi connectivity index (χ1n) is 6.01. The summed E-state index contributed by atoms with van der Waals surface area (Å²) in [7, 11) is 0. The van der Waals surface area contributed by atoms with Gasteiger partial charge in [-0.1, -0.05) is 0 Å². The quantitative estimate of drug-likeness (QED) is 0.842. The molecule has 2 N–H and O–H groups in total. The van der Waals surface area contributed by atoms with Crippen LogP contribution in [0.2, 0.25) is 0 Å². The van der Waals surface area contributed by atoms with Crippen molar-refractivity contribution in [1.29, 1.82) is 0 Å². The number of phenols is 1. The summed E-state index contributed by atoms with van der Waals surface area (Å²) in [6.07, 6.45) is 2.44. The van der Waals surface area contributed by atoms with Crippen molar-refractivity contribution in [1.82, 2.24) is 0 Å². The highest BCUT2D eigenvalue weighted by molar-refractivity contribution is 5.68. The normalized spacial score (nSPS) is 16.8. The lowest BCUT2D eigenvalue weighted by Crippen LogP contribution is -2.11. The number of phenolic OH excluding ortho intramolecular Hbond substituents is 1. The Labute approximate surface area is 101 Å². The zero-order valence-electron chi connectivity index (χ0n) is 10.2. The van der Waals surface area contributed by atoms with E-state index in [1.807, 2.05) is 13.8 Å². The van der Waals surface area contributed by atoms with E-state index in [4.69, 9.17) is 5.11 Å². The van der Waals surface area contributed by atoms with E-state index < -0.39 is 5.97 Å². The van der Waals surface area contributed by atoms with Gasteiger partial charge in [-0.2, -0.15) is 0 Å². The summed E-state index contributed by atoms with van der Waals surface area (Å²) in [6.45, 7) is 3.89. The van der Waals surface area contributed by atoms with Gasteiger partial charge in [0.15, 0.2) is 0 Å². The first-order chi connectivity index (χ1) is 7.99. The molecule has 1 aliphatic rings.